The van der Waals surface area contributed by atoms with E-state index in [1.54, 1.807) is 0 Å². The van der Waals surface area contributed by atoms with Gasteiger partial charge in [0.2, 0.25) is 0 Å². The molecule has 0 N–H and O–H groups in total. The van der Waals surface area contributed by atoms with Gasteiger partial charge in [-0.15, -0.1) is 0 Å². The Hall–Kier alpha value is -0.300. The van der Waals surface area contributed by atoms with E-state index in [2.05, 4.69) is 61.8 Å². The number of benzene rings is 1. The number of rotatable bonds is 3. The van der Waals surface area contributed by atoms with Gasteiger partial charge >= 0.3 is 0 Å². The fourth-order valence-corrected chi connectivity index (χ4v) is 3.70. The third-order valence-electron chi connectivity index (χ3n) is 4.03. The summed E-state index contributed by atoms with van der Waals surface area (Å²) in [5.41, 5.74) is 4.83. The molecule has 0 spiro atoms. The zero-order valence-corrected chi connectivity index (χ0v) is 12.3. The van der Waals surface area contributed by atoms with Crippen molar-refractivity contribution in [3.8, 4) is 0 Å². The van der Waals surface area contributed by atoms with Gasteiger partial charge in [0.05, 0.1) is 0 Å². The van der Waals surface area contributed by atoms with E-state index in [-0.39, 0.29) is 0 Å². The Morgan fingerprint density at radius 1 is 1.31 bits per heavy atom. The van der Waals surface area contributed by atoms with Gasteiger partial charge in [0.15, 0.2) is 0 Å². The van der Waals surface area contributed by atoms with Crippen molar-refractivity contribution < 1.29 is 0 Å². The van der Waals surface area contributed by atoms with Crippen molar-refractivity contribution >= 4 is 15.9 Å². The van der Waals surface area contributed by atoms with Crippen LogP contribution in [-0.2, 0) is 6.42 Å². The molecule has 1 heteroatoms. The number of hydrogen-bond acceptors (Lipinski definition) is 0. The zero-order valence-electron chi connectivity index (χ0n) is 10.7. The largest absolute Gasteiger partial charge is 0.0884 e. The summed E-state index contributed by atoms with van der Waals surface area (Å²) in [4.78, 5) is 0.643. The fraction of sp³-hybridized carbons (Fsp3) is 0.600. The minimum absolute atomic E-state index is 0.563. The molecule has 1 aliphatic rings. The van der Waals surface area contributed by atoms with Gasteiger partial charge in [0.1, 0.15) is 0 Å². The molecule has 0 aromatic heterocycles. The van der Waals surface area contributed by atoms with E-state index in [4.69, 9.17) is 0 Å². The first-order chi connectivity index (χ1) is 7.40. The summed E-state index contributed by atoms with van der Waals surface area (Å²) in [6, 6.07) is 6.84. The van der Waals surface area contributed by atoms with E-state index in [0.29, 0.717) is 10.2 Å². The molecule has 2 atom stereocenters. The molecule has 1 saturated carbocycles. The number of aryl methyl sites for hydroxylation is 2. The Balaban J connectivity index is 2.02. The molecule has 0 bridgehead atoms. The number of alkyl halides is 1. The predicted molar refractivity (Wildman–Crippen MR) is 74.2 cm³/mol. The van der Waals surface area contributed by atoms with Crippen LogP contribution in [0.15, 0.2) is 18.2 Å². The third-order valence-corrected chi connectivity index (χ3v) is 4.99. The highest BCUT2D eigenvalue weighted by atomic mass is 79.9. The summed E-state index contributed by atoms with van der Waals surface area (Å²) in [6.07, 6.45) is 2.53. The van der Waals surface area contributed by atoms with Crippen molar-refractivity contribution in [1.29, 1.82) is 0 Å². The molecule has 0 saturated heterocycles. The van der Waals surface area contributed by atoms with Gasteiger partial charge in [-0.25, -0.2) is 0 Å². The second-order valence-corrected chi connectivity index (χ2v) is 7.11. The Kier molecular flexibility index (Phi) is 3.18. The van der Waals surface area contributed by atoms with E-state index in [9.17, 15) is 0 Å². The third kappa shape index (κ3) is 2.51. The lowest BCUT2D eigenvalue weighted by molar-refractivity contribution is 0.546. The van der Waals surface area contributed by atoms with Gasteiger partial charge in [-0.2, -0.15) is 0 Å². The van der Waals surface area contributed by atoms with Crippen LogP contribution in [-0.4, -0.2) is 4.83 Å². The SMILES string of the molecule is Cc1ccc(CC(Br)C2CC2(C)C)cc1C. The van der Waals surface area contributed by atoms with E-state index in [1.807, 2.05) is 0 Å². The van der Waals surface area contributed by atoms with Crippen LogP contribution >= 0.6 is 15.9 Å². The van der Waals surface area contributed by atoms with Crippen LogP contribution in [0, 0.1) is 25.2 Å². The minimum Gasteiger partial charge on any atom is -0.0884 e. The lowest BCUT2D eigenvalue weighted by Gasteiger charge is -2.12. The average molecular weight is 281 g/mol. The maximum absolute atomic E-state index is 3.86. The molecule has 1 aliphatic carbocycles. The Labute approximate surface area is 108 Å². The van der Waals surface area contributed by atoms with Crippen LogP contribution in [0.25, 0.3) is 0 Å². The van der Waals surface area contributed by atoms with E-state index < -0.39 is 0 Å². The van der Waals surface area contributed by atoms with Crippen molar-refractivity contribution in [3.05, 3.63) is 34.9 Å². The Bertz CT molecular complexity index is 392. The van der Waals surface area contributed by atoms with Gasteiger partial charge < -0.3 is 0 Å². The number of hydrogen-bond donors (Lipinski definition) is 0. The molecule has 1 aromatic rings. The lowest BCUT2D eigenvalue weighted by Crippen LogP contribution is -2.09. The molecular weight excluding hydrogens is 260 g/mol. The molecular formula is C15H21Br. The lowest BCUT2D eigenvalue weighted by atomic mass is 9.99. The van der Waals surface area contributed by atoms with Crippen LogP contribution < -0.4 is 0 Å². The predicted octanol–water partition coefficient (Wildman–Crippen LogP) is 4.66. The van der Waals surface area contributed by atoms with Gasteiger partial charge in [0, 0.05) is 4.83 Å². The quantitative estimate of drug-likeness (QED) is 0.707. The standard InChI is InChI=1S/C15H21Br/c1-10-5-6-12(7-11(10)2)8-14(16)13-9-15(13,3)4/h5-7,13-14H,8-9H2,1-4H3. The topological polar surface area (TPSA) is 0 Å². The molecule has 16 heavy (non-hydrogen) atoms. The first kappa shape index (κ1) is 12.2. The molecule has 0 aliphatic heterocycles. The first-order valence-corrected chi connectivity index (χ1v) is 7.02. The van der Waals surface area contributed by atoms with Gasteiger partial charge in [-0.1, -0.05) is 48.0 Å². The minimum atomic E-state index is 0.563. The maximum Gasteiger partial charge on any atom is 0.0219 e. The smallest absolute Gasteiger partial charge is 0.0219 e. The van der Waals surface area contributed by atoms with Crippen LogP contribution in [0.4, 0.5) is 0 Å². The van der Waals surface area contributed by atoms with E-state index in [0.717, 1.165) is 12.3 Å². The fourth-order valence-electron chi connectivity index (χ4n) is 2.42. The number of halogens is 1. The summed E-state index contributed by atoms with van der Waals surface area (Å²) in [5.74, 6) is 0.856. The highest BCUT2D eigenvalue weighted by Crippen LogP contribution is 2.55. The Morgan fingerprint density at radius 3 is 2.44 bits per heavy atom. The molecule has 1 aromatic carbocycles. The first-order valence-electron chi connectivity index (χ1n) is 6.10. The van der Waals surface area contributed by atoms with E-state index in [1.165, 1.54) is 23.1 Å². The van der Waals surface area contributed by atoms with E-state index >= 15 is 0 Å². The zero-order chi connectivity index (χ0) is 11.9. The van der Waals surface area contributed by atoms with Crippen molar-refractivity contribution in [2.75, 3.05) is 0 Å². The van der Waals surface area contributed by atoms with Crippen LogP contribution in [0.1, 0.15) is 37.0 Å². The maximum atomic E-state index is 3.86. The van der Waals surface area contributed by atoms with Crippen LogP contribution in [0.3, 0.4) is 0 Å². The second-order valence-electron chi connectivity index (χ2n) is 5.94. The van der Waals surface area contributed by atoms with Crippen LogP contribution in [0.2, 0.25) is 0 Å². The van der Waals surface area contributed by atoms with Gasteiger partial charge in [-0.05, 0) is 54.7 Å². The van der Waals surface area contributed by atoms with Crippen molar-refractivity contribution in [1.82, 2.24) is 0 Å². The monoisotopic (exact) mass is 280 g/mol. The van der Waals surface area contributed by atoms with Gasteiger partial charge in [0.25, 0.3) is 0 Å². The average Bonchev–Trinajstić information content (AvgIpc) is 2.82. The van der Waals surface area contributed by atoms with Crippen molar-refractivity contribution in [2.45, 2.75) is 45.4 Å². The van der Waals surface area contributed by atoms with Crippen molar-refractivity contribution in [2.24, 2.45) is 11.3 Å². The molecule has 88 valence electrons. The van der Waals surface area contributed by atoms with Gasteiger partial charge in [-0.3, -0.25) is 0 Å². The molecule has 0 amide bonds. The molecule has 2 unspecified atom stereocenters. The van der Waals surface area contributed by atoms with Crippen molar-refractivity contribution in [3.63, 3.8) is 0 Å². The van der Waals surface area contributed by atoms with Crippen LogP contribution in [0.5, 0.6) is 0 Å². The summed E-state index contributed by atoms with van der Waals surface area (Å²) in [6.45, 7) is 9.11. The summed E-state index contributed by atoms with van der Waals surface area (Å²) in [7, 11) is 0. The molecule has 1 fully saturated rings. The highest BCUT2D eigenvalue weighted by molar-refractivity contribution is 9.09. The summed E-state index contributed by atoms with van der Waals surface area (Å²) >= 11 is 3.86. The molecule has 2 rings (SSSR count). The summed E-state index contributed by atoms with van der Waals surface area (Å²) in [5, 5.41) is 0. The Morgan fingerprint density at radius 2 is 1.94 bits per heavy atom. The molecule has 0 radical (unpaired) electrons. The second kappa shape index (κ2) is 4.18. The highest BCUT2D eigenvalue weighted by Gasteiger charge is 2.48. The molecule has 0 nitrogen and oxygen atoms in total. The normalized spacial score (nSPS) is 24.2. The summed E-state index contributed by atoms with van der Waals surface area (Å²) < 4.78 is 0. The molecule has 0 heterocycles.